The lowest BCUT2D eigenvalue weighted by Gasteiger charge is -2.25. The van der Waals surface area contributed by atoms with Gasteiger partial charge in [-0.1, -0.05) is 30.3 Å². The van der Waals surface area contributed by atoms with Gasteiger partial charge in [-0.25, -0.2) is 0 Å². The van der Waals surface area contributed by atoms with Crippen LogP contribution in [0.3, 0.4) is 0 Å². The van der Waals surface area contributed by atoms with Crippen molar-refractivity contribution in [3.63, 3.8) is 0 Å². The Balaban J connectivity index is 1.65. The molecule has 0 saturated heterocycles. The molecule has 2 N–H and O–H groups in total. The van der Waals surface area contributed by atoms with E-state index in [4.69, 9.17) is 0 Å². The maximum atomic E-state index is 12.8. The van der Waals surface area contributed by atoms with Crippen molar-refractivity contribution in [2.75, 3.05) is 5.32 Å². The van der Waals surface area contributed by atoms with Gasteiger partial charge in [-0.15, -0.1) is 11.8 Å². The summed E-state index contributed by atoms with van der Waals surface area (Å²) >= 11 is 1.10. The second-order valence-corrected chi connectivity index (χ2v) is 7.45. The molecular formula is C19H17F3N2O2S. The van der Waals surface area contributed by atoms with Gasteiger partial charge in [0.15, 0.2) is 0 Å². The van der Waals surface area contributed by atoms with Crippen LogP contribution < -0.4 is 10.6 Å². The summed E-state index contributed by atoms with van der Waals surface area (Å²) in [6.45, 7) is 1.84. The second-order valence-electron chi connectivity index (χ2n) is 6.21. The van der Waals surface area contributed by atoms with Gasteiger partial charge in [0.05, 0.1) is 22.5 Å². The number of benzene rings is 2. The molecule has 1 aliphatic heterocycles. The Hall–Kier alpha value is -2.48. The predicted octanol–water partition coefficient (Wildman–Crippen LogP) is 4.39. The van der Waals surface area contributed by atoms with E-state index in [2.05, 4.69) is 10.6 Å². The zero-order valence-corrected chi connectivity index (χ0v) is 15.2. The highest BCUT2D eigenvalue weighted by Crippen LogP contribution is 2.40. The third kappa shape index (κ3) is 4.63. The second kappa shape index (κ2) is 7.64. The quantitative estimate of drug-likeness (QED) is 0.809. The summed E-state index contributed by atoms with van der Waals surface area (Å²) in [4.78, 5) is 25.0. The van der Waals surface area contributed by atoms with Crippen molar-refractivity contribution in [2.24, 2.45) is 0 Å². The number of hydrogen-bond acceptors (Lipinski definition) is 3. The molecule has 2 amide bonds. The third-order valence-corrected chi connectivity index (χ3v) is 5.45. The van der Waals surface area contributed by atoms with Crippen LogP contribution in [0.2, 0.25) is 0 Å². The first-order chi connectivity index (χ1) is 12.7. The lowest BCUT2D eigenvalue weighted by molar-refractivity contribution is -0.137. The molecule has 1 aliphatic rings. The molecule has 2 aromatic carbocycles. The first-order valence-electron chi connectivity index (χ1n) is 8.27. The third-order valence-electron chi connectivity index (χ3n) is 4.17. The van der Waals surface area contributed by atoms with Crippen molar-refractivity contribution in [2.45, 2.75) is 35.7 Å². The Labute approximate surface area is 158 Å². The largest absolute Gasteiger partial charge is 0.416 e. The van der Waals surface area contributed by atoms with Gasteiger partial charge in [-0.3, -0.25) is 9.59 Å². The van der Waals surface area contributed by atoms with Crippen LogP contribution in [0.15, 0.2) is 53.4 Å². The Morgan fingerprint density at radius 3 is 2.59 bits per heavy atom. The SMILES string of the molecule is C[C@H](NC(=O)C[C@@H]1Sc2ccc(C(F)(F)F)cc2NC1=O)c1ccccc1. The minimum absolute atomic E-state index is 0.0614. The van der Waals surface area contributed by atoms with Crippen LogP contribution in [0.5, 0.6) is 0 Å². The predicted molar refractivity (Wildman–Crippen MR) is 97.3 cm³/mol. The van der Waals surface area contributed by atoms with E-state index < -0.39 is 22.9 Å². The van der Waals surface area contributed by atoms with Crippen molar-refractivity contribution in [3.8, 4) is 0 Å². The summed E-state index contributed by atoms with van der Waals surface area (Å²) in [5, 5.41) is 4.61. The van der Waals surface area contributed by atoms with Gasteiger partial charge < -0.3 is 10.6 Å². The molecule has 0 aromatic heterocycles. The topological polar surface area (TPSA) is 58.2 Å². The summed E-state index contributed by atoms with van der Waals surface area (Å²) in [7, 11) is 0. The minimum Gasteiger partial charge on any atom is -0.350 e. The number of carbonyl (C=O) groups excluding carboxylic acids is 2. The molecule has 27 heavy (non-hydrogen) atoms. The minimum atomic E-state index is -4.48. The van der Waals surface area contributed by atoms with E-state index in [9.17, 15) is 22.8 Å². The van der Waals surface area contributed by atoms with E-state index in [1.54, 1.807) is 0 Å². The Morgan fingerprint density at radius 2 is 1.93 bits per heavy atom. The fraction of sp³-hybridized carbons (Fsp3) is 0.263. The van der Waals surface area contributed by atoms with Crippen LogP contribution >= 0.6 is 11.8 Å². The molecule has 0 fully saturated rings. The van der Waals surface area contributed by atoms with Crippen molar-refractivity contribution in [1.29, 1.82) is 0 Å². The van der Waals surface area contributed by atoms with Crippen LogP contribution in [-0.4, -0.2) is 17.1 Å². The van der Waals surface area contributed by atoms with Gasteiger partial charge in [-0.2, -0.15) is 13.2 Å². The Morgan fingerprint density at radius 1 is 1.22 bits per heavy atom. The number of thioether (sulfide) groups is 1. The highest BCUT2D eigenvalue weighted by Gasteiger charge is 2.34. The fourth-order valence-electron chi connectivity index (χ4n) is 2.75. The molecule has 0 unspecified atom stereocenters. The molecule has 2 atom stereocenters. The standard InChI is InChI=1S/C19H17F3N2O2S/c1-11(12-5-3-2-4-6-12)23-17(25)10-16-18(26)24-14-9-13(19(20,21)22)7-8-15(14)27-16/h2-9,11,16H,10H2,1H3,(H,23,25)(H,24,26)/t11-,16-/m0/s1. The zero-order valence-electron chi connectivity index (χ0n) is 14.3. The van der Waals surface area contributed by atoms with Gasteiger partial charge in [-0.05, 0) is 30.7 Å². The van der Waals surface area contributed by atoms with E-state index in [1.807, 2.05) is 37.3 Å². The average molecular weight is 394 g/mol. The molecule has 8 heteroatoms. The van der Waals surface area contributed by atoms with Crippen LogP contribution in [0.25, 0.3) is 0 Å². The number of fused-ring (bicyclic) bond motifs is 1. The van der Waals surface area contributed by atoms with E-state index in [0.717, 1.165) is 29.5 Å². The van der Waals surface area contributed by atoms with Crippen LogP contribution in [0, 0.1) is 0 Å². The Kier molecular flexibility index (Phi) is 5.46. The number of rotatable bonds is 4. The van der Waals surface area contributed by atoms with E-state index >= 15 is 0 Å². The van der Waals surface area contributed by atoms with E-state index in [1.165, 1.54) is 6.07 Å². The maximum absolute atomic E-state index is 12.8. The summed E-state index contributed by atoms with van der Waals surface area (Å²) < 4.78 is 38.4. The van der Waals surface area contributed by atoms with Crippen LogP contribution in [-0.2, 0) is 15.8 Å². The number of amides is 2. The lowest BCUT2D eigenvalue weighted by Crippen LogP contribution is -2.35. The summed E-state index contributed by atoms with van der Waals surface area (Å²) in [5.74, 6) is -0.774. The molecule has 4 nitrogen and oxygen atoms in total. The number of nitrogens with one attached hydrogen (secondary N) is 2. The number of alkyl halides is 3. The molecule has 0 radical (unpaired) electrons. The van der Waals surface area contributed by atoms with Gasteiger partial charge in [0.25, 0.3) is 0 Å². The molecule has 2 aromatic rings. The lowest BCUT2D eigenvalue weighted by atomic mass is 10.1. The summed E-state index contributed by atoms with van der Waals surface area (Å²) in [6.07, 6.45) is -4.54. The normalized spacial score (nSPS) is 17.6. The Bertz CT molecular complexity index is 856. The molecule has 0 spiro atoms. The monoisotopic (exact) mass is 394 g/mol. The summed E-state index contributed by atoms with van der Waals surface area (Å²) in [5.41, 5.74) is 0.237. The number of halogens is 3. The highest BCUT2D eigenvalue weighted by atomic mass is 32.2. The van der Waals surface area contributed by atoms with Crippen molar-refractivity contribution in [3.05, 3.63) is 59.7 Å². The average Bonchev–Trinajstić information content (AvgIpc) is 2.61. The van der Waals surface area contributed by atoms with Gasteiger partial charge >= 0.3 is 6.18 Å². The highest BCUT2D eigenvalue weighted by molar-refractivity contribution is 8.01. The van der Waals surface area contributed by atoms with E-state index in [0.29, 0.717) is 4.90 Å². The molecular weight excluding hydrogens is 377 g/mol. The zero-order chi connectivity index (χ0) is 19.6. The molecule has 0 bridgehead atoms. The van der Waals surface area contributed by atoms with E-state index in [-0.39, 0.29) is 24.1 Å². The van der Waals surface area contributed by atoms with Gasteiger partial charge in [0.1, 0.15) is 0 Å². The van der Waals surface area contributed by atoms with Gasteiger partial charge in [0, 0.05) is 11.3 Å². The number of carbonyl (C=O) groups is 2. The smallest absolute Gasteiger partial charge is 0.350 e. The maximum Gasteiger partial charge on any atom is 0.416 e. The molecule has 3 rings (SSSR count). The molecule has 1 heterocycles. The molecule has 142 valence electrons. The number of hydrogen-bond donors (Lipinski definition) is 2. The molecule has 0 saturated carbocycles. The fourth-order valence-corrected chi connectivity index (χ4v) is 3.85. The van der Waals surface area contributed by atoms with Crippen molar-refractivity contribution in [1.82, 2.24) is 5.32 Å². The summed E-state index contributed by atoms with van der Waals surface area (Å²) in [6, 6.07) is 12.4. The number of anilines is 1. The molecule has 0 aliphatic carbocycles. The van der Waals surface area contributed by atoms with Crippen LogP contribution in [0.4, 0.5) is 18.9 Å². The van der Waals surface area contributed by atoms with Gasteiger partial charge in [0.2, 0.25) is 11.8 Å². The van der Waals surface area contributed by atoms with Crippen molar-refractivity contribution < 1.29 is 22.8 Å². The first kappa shape index (κ1) is 19.3. The van der Waals surface area contributed by atoms with Crippen LogP contribution in [0.1, 0.15) is 30.5 Å². The first-order valence-corrected chi connectivity index (χ1v) is 9.15. The van der Waals surface area contributed by atoms with Crippen molar-refractivity contribution >= 4 is 29.3 Å².